The summed E-state index contributed by atoms with van der Waals surface area (Å²) in [4.78, 5) is 25.6. The highest BCUT2D eigenvalue weighted by Gasteiger charge is 2.25. The van der Waals surface area contributed by atoms with Crippen LogP contribution in [0.5, 0.6) is 0 Å². The molecule has 24 rings (SSSR count). The molecular formula is C111H71N9. The standard InChI is InChI=1S/C56H36N4.C55H35N5/c1-4-15-37(16-5-1)40-19-14-20-41(33-40)48-36-49(58-56(57-48)39-17-6-2-7-18-39)42-28-27-38-29-30-45(35-43(38)34-42)60-51-26-13-11-24-47(51)55-53(60)32-31-52-54(55)46-23-10-12-25-50(46)59(52)44-21-8-3-9-22-44;1-4-15-36(16-5-1)39-19-14-20-40(33-39)54-56-53(38-17-6-2-7-18-38)57-55(58-54)41-28-27-37-29-30-44(35-42(37)34-41)60-48-26-13-11-24-46(48)52-50(60)32-31-49-51(52)45-23-10-12-25-47(45)59(49)43-21-8-3-9-22-43/h1-36H;1-35H. The predicted molar refractivity (Wildman–Crippen MR) is 498 cm³/mol. The summed E-state index contributed by atoms with van der Waals surface area (Å²) in [5, 5.41) is 14.6. The normalized spacial score (nSPS) is 11.7. The molecule has 0 aliphatic carbocycles. The summed E-state index contributed by atoms with van der Waals surface area (Å²) < 4.78 is 9.64. The van der Waals surface area contributed by atoms with Crippen molar-refractivity contribution in [1.29, 1.82) is 0 Å². The summed E-state index contributed by atoms with van der Waals surface area (Å²) in [5.41, 5.74) is 26.2. The van der Waals surface area contributed by atoms with Gasteiger partial charge in [0.05, 0.1) is 55.5 Å². The fourth-order valence-electron chi connectivity index (χ4n) is 18.1. The van der Waals surface area contributed by atoms with Gasteiger partial charge < -0.3 is 18.3 Å². The molecule has 560 valence electrons. The molecule has 0 unspecified atom stereocenters. The van der Waals surface area contributed by atoms with Gasteiger partial charge in [0.2, 0.25) is 0 Å². The van der Waals surface area contributed by atoms with E-state index in [1.165, 1.54) is 98.2 Å². The third kappa shape index (κ3) is 12.0. The summed E-state index contributed by atoms with van der Waals surface area (Å²) in [6, 6.07) is 153. The Labute approximate surface area is 691 Å². The van der Waals surface area contributed by atoms with Crippen LogP contribution in [-0.4, -0.2) is 43.2 Å². The second kappa shape index (κ2) is 28.9. The number of benzene rings is 18. The zero-order chi connectivity index (χ0) is 79.1. The van der Waals surface area contributed by atoms with E-state index in [4.69, 9.17) is 24.9 Å². The minimum Gasteiger partial charge on any atom is -0.309 e. The van der Waals surface area contributed by atoms with E-state index < -0.39 is 0 Å². The second-order valence-corrected chi connectivity index (χ2v) is 30.7. The van der Waals surface area contributed by atoms with Gasteiger partial charge in [-0.2, -0.15) is 0 Å². The van der Waals surface area contributed by atoms with E-state index in [-0.39, 0.29) is 0 Å². The van der Waals surface area contributed by atoms with E-state index in [2.05, 4.69) is 407 Å². The van der Waals surface area contributed by atoms with Crippen molar-refractivity contribution in [3.05, 3.63) is 431 Å². The van der Waals surface area contributed by atoms with Gasteiger partial charge in [0.25, 0.3) is 0 Å². The Kier molecular flexibility index (Phi) is 16.7. The SMILES string of the molecule is c1ccc(-c2cccc(-c3cc(-c4ccc5ccc(-n6c7ccccc7c7c8c9ccccc9n(-c9ccccc9)c8ccc76)cc5c4)nc(-c4ccccc4)n3)c2)cc1.c1ccc(-c2cccc(-c3nc(-c4ccccc4)nc(-c4ccc5ccc(-n6c7ccccc7c7c8c9ccccc9n(-c9ccccc9)c8ccc76)cc5c4)n3)c2)cc1. The Balaban J connectivity index is 0.000000140. The Morgan fingerprint density at radius 1 is 0.142 bits per heavy atom. The van der Waals surface area contributed by atoms with Crippen molar-refractivity contribution in [2.75, 3.05) is 0 Å². The third-order valence-electron chi connectivity index (χ3n) is 23.6. The maximum Gasteiger partial charge on any atom is 0.164 e. The Bertz CT molecular complexity index is 7650. The molecule has 0 spiro atoms. The van der Waals surface area contributed by atoms with Crippen molar-refractivity contribution in [2.24, 2.45) is 0 Å². The van der Waals surface area contributed by atoms with E-state index in [1.807, 2.05) is 42.5 Å². The molecule has 9 heteroatoms. The number of para-hydroxylation sites is 6. The molecule has 0 bridgehead atoms. The summed E-state index contributed by atoms with van der Waals surface area (Å²) in [7, 11) is 0. The molecule has 0 N–H and O–H groups in total. The first kappa shape index (κ1) is 69.3. The first-order valence-corrected chi connectivity index (χ1v) is 40.7. The topological polar surface area (TPSA) is 84.2 Å². The monoisotopic (exact) mass is 1530 g/mol. The van der Waals surface area contributed by atoms with Gasteiger partial charge in [-0.15, -0.1) is 0 Å². The molecule has 0 aliphatic rings. The molecule has 18 aromatic carbocycles. The van der Waals surface area contributed by atoms with Crippen LogP contribution in [0.25, 0.3) is 222 Å². The van der Waals surface area contributed by atoms with Crippen LogP contribution in [0, 0.1) is 0 Å². The maximum absolute atomic E-state index is 5.20. The van der Waals surface area contributed by atoms with Gasteiger partial charge in [-0.3, -0.25) is 0 Å². The van der Waals surface area contributed by atoms with Crippen molar-refractivity contribution in [3.63, 3.8) is 0 Å². The van der Waals surface area contributed by atoms with Crippen LogP contribution in [0.2, 0.25) is 0 Å². The second-order valence-electron chi connectivity index (χ2n) is 30.7. The lowest BCUT2D eigenvalue weighted by atomic mass is 10.00. The largest absolute Gasteiger partial charge is 0.309 e. The van der Waals surface area contributed by atoms with Gasteiger partial charge >= 0.3 is 0 Å². The molecule has 0 fully saturated rings. The molecular weight excluding hydrogens is 1460 g/mol. The van der Waals surface area contributed by atoms with Crippen molar-refractivity contribution >= 4 is 109 Å². The van der Waals surface area contributed by atoms with Crippen molar-refractivity contribution in [3.8, 4) is 113 Å². The fourth-order valence-corrected chi connectivity index (χ4v) is 18.1. The number of nitrogens with zero attached hydrogens (tertiary/aromatic N) is 9. The Morgan fingerprint density at radius 3 is 0.825 bits per heavy atom. The first-order valence-electron chi connectivity index (χ1n) is 40.7. The third-order valence-corrected chi connectivity index (χ3v) is 23.6. The Morgan fingerprint density at radius 2 is 0.417 bits per heavy atom. The van der Waals surface area contributed by atoms with Gasteiger partial charge in [-0.25, -0.2) is 24.9 Å². The van der Waals surface area contributed by atoms with Gasteiger partial charge in [-0.1, -0.05) is 303 Å². The van der Waals surface area contributed by atoms with E-state index in [0.717, 1.165) is 100 Å². The van der Waals surface area contributed by atoms with Crippen LogP contribution in [0.3, 0.4) is 0 Å². The number of hydrogen-bond donors (Lipinski definition) is 0. The molecule has 0 saturated heterocycles. The quantitative estimate of drug-likeness (QED) is 0.122. The highest BCUT2D eigenvalue weighted by Crippen LogP contribution is 2.46. The highest BCUT2D eigenvalue weighted by molar-refractivity contribution is 6.30. The zero-order valence-corrected chi connectivity index (χ0v) is 65.0. The molecule has 0 atom stereocenters. The van der Waals surface area contributed by atoms with Gasteiger partial charge in [-0.05, 0) is 171 Å². The van der Waals surface area contributed by atoms with Crippen molar-refractivity contribution in [2.45, 2.75) is 0 Å². The molecule has 9 nitrogen and oxygen atoms in total. The maximum atomic E-state index is 5.20. The van der Waals surface area contributed by atoms with Crippen LogP contribution in [0.1, 0.15) is 0 Å². The Hall–Kier alpha value is -16.2. The molecule has 120 heavy (non-hydrogen) atoms. The van der Waals surface area contributed by atoms with E-state index in [1.54, 1.807) is 0 Å². The molecule has 6 aromatic heterocycles. The molecule has 0 aliphatic heterocycles. The van der Waals surface area contributed by atoms with E-state index in [9.17, 15) is 0 Å². The zero-order valence-electron chi connectivity index (χ0n) is 65.0. The predicted octanol–water partition coefficient (Wildman–Crippen LogP) is 28.4. The molecule has 0 radical (unpaired) electrons. The number of rotatable bonds is 12. The minimum absolute atomic E-state index is 0.630. The summed E-state index contributed by atoms with van der Waals surface area (Å²) in [5.74, 6) is 2.60. The van der Waals surface area contributed by atoms with Gasteiger partial charge in [0, 0.05) is 99.2 Å². The van der Waals surface area contributed by atoms with Crippen LogP contribution in [0.15, 0.2) is 431 Å². The number of fused-ring (bicyclic) bond motifs is 16. The molecule has 0 saturated carbocycles. The summed E-state index contributed by atoms with van der Waals surface area (Å²) >= 11 is 0. The van der Waals surface area contributed by atoms with Gasteiger partial charge in [0.15, 0.2) is 23.3 Å². The van der Waals surface area contributed by atoms with Crippen molar-refractivity contribution in [1.82, 2.24) is 43.2 Å². The molecule has 24 aromatic rings. The van der Waals surface area contributed by atoms with Crippen molar-refractivity contribution < 1.29 is 0 Å². The average Bonchev–Trinajstić information content (AvgIpc) is 1.55. The van der Waals surface area contributed by atoms with Crippen LogP contribution < -0.4 is 0 Å². The van der Waals surface area contributed by atoms with E-state index in [0.29, 0.717) is 23.3 Å². The van der Waals surface area contributed by atoms with Crippen LogP contribution >= 0.6 is 0 Å². The number of hydrogen-bond acceptors (Lipinski definition) is 5. The van der Waals surface area contributed by atoms with Gasteiger partial charge in [0.1, 0.15) is 0 Å². The first-order chi connectivity index (χ1) is 59.5. The number of aromatic nitrogens is 9. The smallest absolute Gasteiger partial charge is 0.164 e. The van der Waals surface area contributed by atoms with Crippen LogP contribution in [-0.2, 0) is 0 Å². The molecule has 0 amide bonds. The highest BCUT2D eigenvalue weighted by atomic mass is 15.0. The summed E-state index contributed by atoms with van der Waals surface area (Å²) in [6.45, 7) is 0. The summed E-state index contributed by atoms with van der Waals surface area (Å²) in [6.07, 6.45) is 0. The fraction of sp³-hybridized carbons (Fsp3) is 0. The van der Waals surface area contributed by atoms with E-state index >= 15 is 0 Å². The lowest BCUT2D eigenvalue weighted by molar-refractivity contribution is 1.07. The lowest BCUT2D eigenvalue weighted by Gasteiger charge is -2.12. The molecule has 6 heterocycles. The lowest BCUT2D eigenvalue weighted by Crippen LogP contribution is -2.00. The average molecular weight is 1530 g/mol. The van der Waals surface area contributed by atoms with Crippen LogP contribution in [0.4, 0.5) is 0 Å². The minimum atomic E-state index is 0.630.